The Balaban J connectivity index is 1.75. The number of thiazole rings is 1. The molecule has 0 unspecified atom stereocenters. The fourth-order valence-corrected chi connectivity index (χ4v) is 3.83. The Labute approximate surface area is 182 Å². The van der Waals surface area contributed by atoms with Crippen LogP contribution >= 0.6 is 22.9 Å². The largest absolute Gasteiger partial charge is 0.372 e. The number of anilines is 1. The topological polar surface area (TPSA) is 112 Å². The van der Waals surface area contributed by atoms with Crippen LogP contribution < -0.4 is 16.0 Å². The molecule has 156 valence electrons. The lowest BCUT2D eigenvalue weighted by molar-refractivity contribution is -0.121. The first-order valence-corrected chi connectivity index (χ1v) is 10.1. The number of benzene rings is 1. The number of aromatic nitrogens is 3. The van der Waals surface area contributed by atoms with E-state index in [0.29, 0.717) is 16.5 Å². The molecule has 2 aromatic heterocycles. The highest BCUT2D eigenvalue weighted by atomic mass is 35.5. The summed E-state index contributed by atoms with van der Waals surface area (Å²) in [7, 11) is 0. The van der Waals surface area contributed by atoms with Crippen molar-refractivity contribution in [3.63, 3.8) is 0 Å². The summed E-state index contributed by atoms with van der Waals surface area (Å²) in [6.45, 7) is 12.3. The van der Waals surface area contributed by atoms with Gasteiger partial charge in [-0.1, -0.05) is 36.1 Å². The molecular formula is C20H21ClN6O2S. The highest BCUT2D eigenvalue weighted by Gasteiger charge is 2.28. The molecule has 0 aliphatic heterocycles. The second kappa shape index (κ2) is 8.29. The Morgan fingerprint density at radius 3 is 2.70 bits per heavy atom. The number of rotatable bonds is 7. The van der Waals surface area contributed by atoms with E-state index >= 15 is 0 Å². The van der Waals surface area contributed by atoms with Gasteiger partial charge in [-0.2, -0.15) is 5.10 Å². The minimum absolute atomic E-state index is 0.149. The summed E-state index contributed by atoms with van der Waals surface area (Å²) in [5.74, 6) is -0.597. The lowest BCUT2D eigenvalue weighted by Crippen LogP contribution is -2.49. The highest BCUT2D eigenvalue weighted by Crippen LogP contribution is 2.32. The molecule has 0 aliphatic rings. The summed E-state index contributed by atoms with van der Waals surface area (Å²) in [5.41, 5.74) is 1.34. The molecule has 0 atom stereocenters. The van der Waals surface area contributed by atoms with Crippen LogP contribution in [0.15, 0.2) is 54.0 Å². The number of hydrogen-bond donors (Lipinski definition) is 4. The van der Waals surface area contributed by atoms with Crippen molar-refractivity contribution >= 4 is 61.0 Å². The standard InChI is InChI=1S/C20H21ClN6O2S/c1-10(8-16(11(2)21)23-12(3)28)26-20(4,5)18(29)25-19-24-15-7-6-14-13(9-22-27-14)17(15)30-19/h6-9,26H,1-2H2,3-5H3,(H,22,27)(H,23,28)(H,24,25,29)/b16-8+. The summed E-state index contributed by atoms with van der Waals surface area (Å²) < 4.78 is 0.940. The number of nitrogens with one attached hydrogen (secondary N) is 4. The second-order valence-electron chi connectivity index (χ2n) is 7.14. The number of carbonyl (C=O) groups is 2. The van der Waals surface area contributed by atoms with Gasteiger partial charge in [-0.3, -0.25) is 20.0 Å². The molecule has 1 aromatic carbocycles. The molecule has 10 heteroatoms. The first-order valence-electron chi connectivity index (χ1n) is 8.92. The van der Waals surface area contributed by atoms with Gasteiger partial charge in [0.15, 0.2) is 5.13 Å². The van der Waals surface area contributed by atoms with E-state index in [9.17, 15) is 9.59 Å². The monoisotopic (exact) mass is 444 g/mol. The van der Waals surface area contributed by atoms with Gasteiger partial charge in [0.1, 0.15) is 5.54 Å². The Hall–Kier alpha value is -3.17. The van der Waals surface area contributed by atoms with E-state index in [4.69, 9.17) is 11.6 Å². The minimum Gasteiger partial charge on any atom is -0.372 e. The SMILES string of the molecule is C=C(/C=C(/NC(C)=O)C(=C)Cl)NC(C)(C)C(=O)Nc1nc2ccc3[nH]ncc3c2s1. The molecule has 0 aliphatic carbocycles. The molecule has 0 spiro atoms. The van der Waals surface area contributed by atoms with E-state index in [1.807, 2.05) is 12.1 Å². The van der Waals surface area contributed by atoms with Crippen LogP contribution in [0.1, 0.15) is 20.8 Å². The van der Waals surface area contributed by atoms with Gasteiger partial charge in [-0.25, -0.2) is 4.98 Å². The number of aromatic amines is 1. The highest BCUT2D eigenvalue weighted by molar-refractivity contribution is 7.23. The number of H-pyrrole nitrogens is 1. The van der Waals surface area contributed by atoms with Crippen LogP contribution in [0, 0.1) is 0 Å². The number of halogens is 1. The fourth-order valence-electron chi connectivity index (χ4n) is 2.75. The van der Waals surface area contributed by atoms with Gasteiger partial charge in [-0.05, 0) is 32.1 Å². The summed E-state index contributed by atoms with van der Waals surface area (Å²) in [5, 5.41) is 17.0. The quantitative estimate of drug-likeness (QED) is 0.414. The van der Waals surface area contributed by atoms with Crippen LogP contribution in [0.3, 0.4) is 0 Å². The molecule has 2 amide bonds. The van der Waals surface area contributed by atoms with E-state index in [-0.39, 0.29) is 16.8 Å². The Morgan fingerprint density at radius 2 is 2.03 bits per heavy atom. The predicted octanol–water partition coefficient (Wildman–Crippen LogP) is 3.77. The molecule has 0 saturated carbocycles. The third-order valence-electron chi connectivity index (χ3n) is 4.16. The Morgan fingerprint density at radius 1 is 1.30 bits per heavy atom. The van der Waals surface area contributed by atoms with Gasteiger partial charge in [0.25, 0.3) is 5.91 Å². The van der Waals surface area contributed by atoms with Gasteiger partial charge in [0.05, 0.1) is 32.7 Å². The van der Waals surface area contributed by atoms with Crippen molar-refractivity contribution in [1.29, 1.82) is 0 Å². The first kappa shape index (κ1) is 21.5. The van der Waals surface area contributed by atoms with E-state index < -0.39 is 5.54 Å². The van der Waals surface area contributed by atoms with Crippen molar-refractivity contribution in [1.82, 2.24) is 25.8 Å². The maximum Gasteiger partial charge on any atom is 0.251 e. The normalized spacial score (nSPS) is 12.1. The van der Waals surface area contributed by atoms with Crippen molar-refractivity contribution in [2.75, 3.05) is 5.32 Å². The molecule has 8 nitrogen and oxygen atoms in total. The number of hydrogen-bond acceptors (Lipinski definition) is 6. The van der Waals surface area contributed by atoms with Gasteiger partial charge in [-0.15, -0.1) is 0 Å². The van der Waals surface area contributed by atoms with Gasteiger partial charge < -0.3 is 10.6 Å². The number of carbonyl (C=O) groups excluding carboxylic acids is 2. The summed E-state index contributed by atoms with van der Waals surface area (Å²) >= 11 is 7.28. The third kappa shape index (κ3) is 4.69. The Bertz CT molecular complexity index is 1210. The number of nitrogens with zero attached hydrogens (tertiary/aromatic N) is 2. The van der Waals surface area contributed by atoms with E-state index in [0.717, 1.165) is 21.1 Å². The van der Waals surface area contributed by atoms with Gasteiger partial charge >= 0.3 is 0 Å². The molecule has 3 rings (SSSR count). The molecular weight excluding hydrogens is 424 g/mol. The average Bonchev–Trinajstić information content (AvgIpc) is 3.25. The van der Waals surface area contributed by atoms with Crippen molar-refractivity contribution in [3.8, 4) is 0 Å². The number of fused-ring (bicyclic) bond motifs is 3. The average molecular weight is 445 g/mol. The molecule has 0 bridgehead atoms. The van der Waals surface area contributed by atoms with Crippen LogP contribution in [0.5, 0.6) is 0 Å². The van der Waals surface area contributed by atoms with Crippen LogP contribution in [0.2, 0.25) is 0 Å². The summed E-state index contributed by atoms with van der Waals surface area (Å²) in [6, 6.07) is 3.77. The van der Waals surface area contributed by atoms with Crippen LogP contribution in [0.4, 0.5) is 5.13 Å². The van der Waals surface area contributed by atoms with Crippen molar-refractivity contribution in [3.05, 3.63) is 54.0 Å². The van der Waals surface area contributed by atoms with E-state index in [1.165, 1.54) is 24.3 Å². The van der Waals surface area contributed by atoms with Crippen molar-refractivity contribution < 1.29 is 9.59 Å². The Kier molecular flexibility index (Phi) is 5.95. The summed E-state index contributed by atoms with van der Waals surface area (Å²) in [4.78, 5) is 28.6. The molecule has 0 radical (unpaired) electrons. The lowest BCUT2D eigenvalue weighted by atomic mass is 10.0. The van der Waals surface area contributed by atoms with Gasteiger partial charge in [0.2, 0.25) is 5.91 Å². The van der Waals surface area contributed by atoms with Crippen LogP contribution in [-0.4, -0.2) is 32.5 Å². The zero-order chi connectivity index (χ0) is 22.1. The van der Waals surface area contributed by atoms with Crippen LogP contribution in [-0.2, 0) is 9.59 Å². The van der Waals surface area contributed by atoms with Crippen molar-refractivity contribution in [2.24, 2.45) is 0 Å². The minimum atomic E-state index is -1.02. The maximum absolute atomic E-state index is 12.9. The molecule has 4 N–H and O–H groups in total. The maximum atomic E-state index is 12.9. The summed E-state index contributed by atoms with van der Waals surface area (Å²) in [6.07, 6.45) is 3.25. The molecule has 30 heavy (non-hydrogen) atoms. The second-order valence-corrected chi connectivity index (χ2v) is 8.59. The zero-order valence-corrected chi connectivity index (χ0v) is 18.3. The molecule has 2 heterocycles. The molecule has 0 fully saturated rings. The van der Waals surface area contributed by atoms with Gasteiger partial charge in [0, 0.05) is 18.0 Å². The van der Waals surface area contributed by atoms with E-state index in [1.54, 1.807) is 20.0 Å². The smallest absolute Gasteiger partial charge is 0.251 e. The lowest BCUT2D eigenvalue weighted by Gasteiger charge is -2.26. The first-order chi connectivity index (χ1) is 14.1. The molecule has 3 aromatic rings. The van der Waals surface area contributed by atoms with Crippen molar-refractivity contribution in [2.45, 2.75) is 26.3 Å². The third-order valence-corrected chi connectivity index (χ3v) is 5.38. The number of amides is 2. The predicted molar refractivity (Wildman–Crippen MR) is 121 cm³/mol. The van der Waals surface area contributed by atoms with Crippen LogP contribution in [0.25, 0.3) is 21.1 Å². The zero-order valence-electron chi connectivity index (χ0n) is 16.7. The van der Waals surface area contributed by atoms with E-state index in [2.05, 4.69) is 44.3 Å². The fraction of sp³-hybridized carbons (Fsp3) is 0.200. The molecule has 0 saturated heterocycles. The number of allylic oxidation sites excluding steroid dienone is 2.